The van der Waals surface area contributed by atoms with Crippen LogP contribution in [0.1, 0.15) is 17.3 Å². The maximum atomic E-state index is 10.8. The van der Waals surface area contributed by atoms with Crippen molar-refractivity contribution < 1.29 is 14.8 Å². The van der Waals surface area contributed by atoms with Crippen molar-refractivity contribution in [2.24, 2.45) is 0 Å². The molecule has 0 atom stereocenters. The summed E-state index contributed by atoms with van der Waals surface area (Å²) in [7, 11) is 0. The van der Waals surface area contributed by atoms with E-state index < -0.39 is 16.7 Å². The summed E-state index contributed by atoms with van der Waals surface area (Å²) in [6.07, 6.45) is 1.14. The molecule has 0 aliphatic rings. The second-order valence-corrected chi connectivity index (χ2v) is 2.68. The van der Waals surface area contributed by atoms with Crippen LogP contribution in [-0.4, -0.2) is 27.5 Å². The first-order chi connectivity index (χ1) is 7.06. The Morgan fingerprint density at radius 1 is 1.73 bits per heavy atom. The number of aromatic nitrogens is 1. The Hall–Kier alpha value is -2.18. The Bertz CT molecular complexity index is 405. The first kappa shape index (κ1) is 10.9. The number of carbonyl (C=O) groups is 1. The second kappa shape index (κ2) is 4.36. The van der Waals surface area contributed by atoms with Crippen molar-refractivity contribution in [1.82, 2.24) is 4.98 Å². The number of anilines is 1. The summed E-state index contributed by atoms with van der Waals surface area (Å²) < 4.78 is 0. The molecule has 1 aromatic rings. The molecule has 7 heteroatoms. The van der Waals surface area contributed by atoms with E-state index in [9.17, 15) is 14.9 Å². The van der Waals surface area contributed by atoms with Crippen molar-refractivity contribution in [3.8, 4) is 0 Å². The summed E-state index contributed by atoms with van der Waals surface area (Å²) in [6, 6.07) is 0.931. The highest BCUT2D eigenvalue weighted by molar-refractivity contribution is 5.94. The minimum absolute atomic E-state index is 0.154. The van der Waals surface area contributed by atoms with E-state index in [1.54, 1.807) is 6.92 Å². The Labute approximate surface area is 84.9 Å². The first-order valence-corrected chi connectivity index (χ1v) is 4.17. The molecule has 0 aliphatic carbocycles. The fourth-order valence-corrected chi connectivity index (χ4v) is 1.05. The standard InChI is InChI=1S/C8H9N3O4/c1-2-9-6-4-10-7(11(14)15)3-5(6)8(12)13/h3-4,9H,2H2,1H3,(H,12,13). The van der Waals surface area contributed by atoms with E-state index in [1.165, 1.54) is 0 Å². The molecule has 7 nitrogen and oxygen atoms in total. The third-order valence-electron chi connectivity index (χ3n) is 1.67. The normalized spacial score (nSPS) is 9.67. The predicted octanol–water partition coefficient (Wildman–Crippen LogP) is 1.12. The highest BCUT2D eigenvalue weighted by atomic mass is 16.6. The summed E-state index contributed by atoms with van der Waals surface area (Å²) in [6.45, 7) is 2.30. The van der Waals surface area contributed by atoms with E-state index in [4.69, 9.17) is 5.11 Å². The van der Waals surface area contributed by atoms with Gasteiger partial charge in [0.25, 0.3) is 0 Å². The van der Waals surface area contributed by atoms with Gasteiger partial charge < -0.3 is 20.5 Å². The van der Waals surface area contributed by atoms with E-state index in [2.05, 4.69) is 10.3 Å². The topological polar surface area (TPSA) is 105 Å². The van der Waals surface area contributed by atoms with Crippen LogP contribution in [0, 0.1) is 10.1 Å². The molecule has 0 aliphatic heterocycles. The third-order valence-corrected chi connectivity index (χ3v) is 1.67. The summed E-state index contributed by atoms with van der Waals surface area (Å²) in [4.78, 5) is 23.9. The average Bonchev–Trinajstić information content (AvgIpc) is 2.18. The number of carboxylic acids is 1. The zero-order valence-corrected chi connectivity index (χ0v) is 7.93. The van der Waals surface area contributed by atoms with Crippen LogP contribution in [0.25, 0.3) is 0 Å². The molecule has 15 heavy (non-hydrogen) atoms. The Morgan fingerprint density at radius 3 is 2.87 bits per heavy atom. The number of aromatic carboxylic acids is 1. The Kier molecular flexibility index (Phi) is 3.17. The molecular formula is C8H9N3O4. The van der Waals surface area contributed by atoms with Gasteiger partial charge in [-0.25, -0.2) is 4.79 Å². The molecule has 2 N–H and O–H groups in total. The molecule has 80 valence electrons. The maximum Gasteiger partial charge on any atom is 0.364 e. The first-order valence-electron chi connectivity index (χ1n) is 4.17. The van der Waals surface area contributed by atoms with Crippen molar-refractivity contribution in [3.05, 3.63) is 27.9 Å². The molecule has 0 aromatic carbocycles. The monoisotopic (exact) mass is 211 g/mol. The summed E-state index contributed by atoms with van der Waals surface area (Å²) in [5, 5.41) is 21.9. The minimum atomic E-state index is -1.23. The van der Waals surface area contributed by atoms with Crippen molar-refractivity contribution in [2.45, 2.75) is 6.92 Å². The van der Waals surface area contributed by atoms with Crippen molar-refractivity contribution >= 4 is 17.5 Å². The zero-order chi connectivity index (χ0) is 11.4. The van der Waals surface area contributed by atoms with Crippen LogP contribution >= 0.6 is 0 Å². The number of nitro groups is 1. The number of carboxylic acid groups (broad SMARTS) is 1. The van der Waals surface area contributed by atoms with Crippen LogP contribution in [0.15, 0.2) is 12.3 Å². The lowest BCUT2D eigenvalue weighted by Crippen LogP contribution is -2.07. The van der Waals surface area contributed by atoms with Crippen molar-refractivity contribution in [1.29, 1.82) is 0 Å². The molecule has 0 bridgehead atoms. The zero-order valence-electron chi connectivity index (χ0n) is 7.93. The molecule has 0 saturated heterocycles. The fraction of sp³-hybridized carbons (Fsp3) is 0.250. The predicted molar refractivity (Wildman–Crippen MR) is 52.0 cm³/mol. The van der Waals surface area contributed by atoms with Gasteiger partial charge in [0, 0.05) is 6.54 Å². The van der Waals surface area contributed by atoms with Gasteiger partial charge in [0.05, 0.1) is 17.3 Å². The second-order valence-electron chi connectivity index (χ2n) is 2.68. The van der Waals surface area contributed by atoms with Gasteiger partial charge in [-0.2, -0.15) is 0 Å². The van der Waals surface area contributed by atoms with E-state index in [-0.39, 0.29) is 11.3 Å². The number of rotatable bonds is 4. The van der Waals surface area contributed by atoms with Gasteiger partial charge in [-0.3, -0.25) is 0 Å². The highest BCUT2D eigenvalue weighted by Gasteiger charge is 2.17. The van der Waals surface area contributed by atoms with E-state index in [0.717, 1.165) is 12.3 Å². The van der Waals surface area contributed by atoms with Gasteiger partial charge in [0.15, 0.2) is 6.20 Å². The largest absolute Gasteiger partial charge is 0.478 e. The molecule has 1 aromatic heterocycles. The number of pyridine rings is 1. The van der Waals surface area contributed by atoms with Crippen LogP contribution in [0.2, 0.25) is 0 Å². The van der Waals surface area contributed by atoms with Crippen molar-refractivity contribution in [3.63, 3.8) is 0 Å². The lowest BCUT2D eigenvalue weighted by atomic mass is 10.2. The maximum absolute atomic E-state index is 10.8. The van der Waals surface area contributed by atoms with Gasteiger partial charge in [0.1, 0.15) is 0 Å². The van der Waals surface area contributed by atoms with Gasteiger partial charge in [0.2, 0.25) is 0 Å². The summed E-state index contributed by atoms with van der Waals surface area (Å²) in [5.74, 6) is -1.70. The van der Waals surface area contributed by atoms with Gasteiger partial charge in [-0.05, 0) is 16.8 Å². The highest BCUT2D eigenvalue weighted by Crippen LogP contribution is 2.18. The molecule has 0 amide bonds. The number of nitrogens with one attached hydrogen (secondary N) is 1. The molecule has 0 saturated carbocycles. The lowest BCUT2D eigenvalue weighted by molar-refractivity contribution is -0.389. The van der Waals surface area contributed by atoms with E-state index >= 15 is 0 Å². The van der Waals surface area contributed by atoms with Crippen LogP contribution in [0.3, 0.4) is 0 Å². The van der Waals surface area contributed by atoms with Crippen LogP contribution in [-0.2, 0) is 0 Å². The average molecular weight is 211 g/mol. The smallest absolute Gasteiger partial charge is 0.364 e. The number of hydrogen-bond donors (Lipinski definition) is 2. The Morgan fingerprint density at radius 2 is 2.40 bits per heavy atom. The Balaban J connectivity index is 3.20. The number of nitrogens with zero attached hydrogens (tertiary/aromatic N) is 2. The van der Waals surface area contributed by atoms with Crippen molar-refractivity contribution in [2.75, 3.05) is 11.9 Å². The molecule has 0 spiro atoms. The van der Waals surface area contributed by atoms with Gasteiger partial charge in [-0.15, -0.1) is 0 Å². The minimum Gasteiger partial charge on any atom is -0.478 e. The van der Waals surface area contributed by atoms with Gasteiger partial charge >= 0.3 is 11.8 Å². The molecule has 0 unspecified atom stereocenters. The van der Waals surface area contributed by atoms with Crippen LogP contribution in [0.5, 0.6) is 0 Å². The fourth-order valence-electron chi connectivity index (χ4n) is 1.05. The van der Waals surface area contributed by atoms with Crippen LogP contribution in [0.4, 0.5) is 11.5 Å². The molecule has 1 heterocycles. The van der Waals surface area contributed by atoms with Crippen LogP contribution < -0.4 is 5.32 Å². The third kappa shape index (κ3) is 2.39. The molecule has 1 rings (SSSR count). The molecule has 0 fully saturated rings. The van der Waals surface area contributed by atoms with Gasteiger partial charge in [-0.1, -0.05) is 0 Å². The van der Waals surface area contributed by atoms with E-state index in [0.29, 0.717) is 6.54 Å². The summed E-state index contributed by atoms with van der Waals surface area (Å²) >= 11 is 0. The molecule has 0 radical (unpaired) electrons. The lowest BCUT2D eigenvalue weighted by Gasteiger charge is -2.04. The number of hydrogen-bond acceptors (Lipinski definition) is 5. The quantitative estimate of drug-likeness (QED) is 0.571. The van der Waals surface area contributed by atoms with E-state index in [1.807, 2.05) is 0 Å². The molecular weight excluding hydrogens is 202 g/mol. The SMILES string of the molecule is CCNc1cnc([N+](=O)[O-])cc1C(=O)O. The summed E-state index contributed by atoms with van der Waals surface area (Å²) in [5.41, 5.74) is 0.120.